The minimum atomic E-state index is -0.568. The number of likely N-dealkylation sites (N-methyl/N-ethyl adjacent to an activating group) is 1. The number of nitrogens with zero attached hydrogens (tertiary/aromatic N) is 1. The molecule has 0 aliphatic rings. The molecule has 0 aromatic heterocycles. The lowest BCUT2D eigenvalue weighted by molar-refractivity contribution is 0.0427. The topological polar surface area (TPSA) is 49.8 Å². The SMILES string of the molecule is COCC(O)CN(C)CC(=O)c1ccc(SC)cc1. The summed E-state index contributed by atoms with van der Waals surface area (Å²) in [5, 5.41) is 9.59. The highest BCUT2D eigenvalue weighted by atomic mass is 32.2. The maximum Gasteiger partial charge on any atom is 0.176 e. The van der Waals surface area contributed by atoms with Crippen molar-refractivity contribution in [3.8, 4) is 0 Å². The first kappa shape index (κ1) is 16.2. The molecule has 0 aliphatic carbocycles. The quantitative estimate of drug-likeness (QED) is 0.579. The van der Waals surface area contributed by atoms with Crippen molar-refractivity contribution >= 4 is 17.5 Å². The Morgan fingerprint density at radius 3 is 2.58 bits per heavy atom. The molecule has 1 unspecified atom stereocenters. The first-order valence-electron chi connectivity index (χ1n) is 6.09. The van der Waals surface area contributed by atoms with E-state index in [1.165, 1.54) is 0 Å². The largest absolute Gasteiger partial charge is 0.389 e. The summed E-state index contributed by atoms with van der Waals surface area (Å²) in [5.74, 6) is 0.0553. The second-order valence-electron chi connectivity index (χ2n) is 4.46. The van der Waals surface area contributed by atoms with Gasteiger partial charge in [0, 0.05) is 24.1 Å². The molecule has 5 heteroatoms. The van der Waals surface area contributed by atoms with E-state index in [4.69, 9.17) is 4.74 Å². The minimum Gasteiger partial charge on any atom is -0.389 e. The fourth-order valence-electron chi connectivity index (χ4n) is 1.78. The number of ketones is 1. The molecule has 1 atom stereocenters. The number of benzene rings is 1. The number of hydrogen-bond donors (Lipinski definition) is 1. The second-order valence-corrected chi connectivity index (χ2v) is 5.34. The highest BCUT2D eigenvalue weighted by molar-refractivity contribution is 7.98. The predicted molar refractivity (Wildman–Crippen MR) is 77.9 cm³/mol. The van der Waals surface area contributed by atoms with Crippen LogP contribution in [0, 0.1) is 0 Å². The summed E-state index contributed by atoms with van der Waals surface area (Å²) in [6, 6.07) is 7.57. The molecule has 1 aromatic carbocycles. The van der Waals surface area contributed by atoms with Gasteiger partial charge in [-0.1, -0.05) is 12.1 Å². The summed E-state index contributed by atoms with van der Waals surface area (Å²) < 4.78 is 4.86. The molecule has 4 nitrogen and oxygen atoms in total. The number of aliphatic hydroxyl groups excluding tert-OH is 1. The molecule has 0 fully saturated rings. The van der Waals surface area contributed by atoms with Crippen LogP contribution in [0.1, 0.15) is 10.4 Å². The van der Waals surface area contributed by atoms with Crippen molar-refractivity contribution in [2.24, 2.45) is 0 Å². The second kappa shape index (κ2) is 8.32. The van der Waals surface area contributed by atoms with Gasteiger partial charge in [0.05, 0.1) is 19.3 Å². The molecule has 0 amide bonds. The number of hydrogen-bond acceptors (Lipinski definition) is 5. The van der Waals surface area contributed by atoms with Gasteiger partial charge in [-0.3, -0.25) is 9.69 Å². The molecule has 0 bridgehead atoms. The van der Waals surface area contributed by atoms with Crippen molar-refractivity contribution in [1.29, 1.82) is 0 Å². The maximum absolute atomic E-state index is 12.0. The van der Waals surface area contributed by atoms with Crippen molar-refractivity contribution in [1.82, 2.24) is 4.90 Å². The van der Waals surface area contributed by atoms with Crippen LogP contribution in [0.4, 0.5) is 0 Å². The van der Waals surface area contributed by atoms with E-state index in [-0.39, 0.29) is 12.4 Å². The van der Waals surface area contributed by atoms with Crippen molar-refractivity contribution in [2.45, 2.75) is 11.0 Å². The lowest BCUT2D eigenvalue weighted by atomic mass is 10.1. The summed E-state index contributed by atoms with van der Waals surface area (Å²) in [6.45, 7) is 0.989. The standard InChI is InChI=1S/C14H21NO3S/c1-15(8-12(16)10-18-2)9-14(17)11-4-6-13(19-3)7-5-11/h4-7,12,16H,8-10H2,1-3H3. The predicted octanol–water partition coefficient (Wildman–Crippen LogP) is 1.53. The summed E-state index contributed by atoms with van der Waals surface area (Å²) in [5.41, 5.74) is 0.700. The third-order valence-electron chi connectivity index (χ3n) is 2.71. The molecule has 0 aliphatic heterocycles. The molecule has 106 valence electrons. The van der Waals surface area contributed by atoms with Crippen LogP contribution in [0.3, 0.4) is 0 Å². The van der Waals surface area contributed by atoms with Crippen molar-refractivity contribution in [3.05, 3.63) is 29.8 Å². The third-order valence-corrected chi connectivity index (χ3v) is 3.45. The lowest BCUT2D eigenvalue weighted by Gasteiger charge is -2.19. The van der Waals surface area contributed by atoms with Gasteiger partial charge in [-0.2, -0.15) is 0 Å². The van der Waals surface area contributed by atoms with E-state index in [2.05, 4.69) is 0 Å². The van der Waals surface area contributed by atoms with E-state index < -0.39 is 6.10 Å². The normalized spacial score (nSPS) is 12.7. The van der Waals surface area contributed by atoms with E-state index in [1.54, 1.807) is 23.8 Å². The Hall–Kier alpha value is -0.880. The minimum absolute atomic E-state index is 0.0553. The van der Waals surface area contributed by atoms with Crippen LogP contribution in [0.5, 0.6) is 0 Å². The average Bonchev–Trinajstić information content (AvgIpc) is 2.38. The van der Waals surface area contributed by atoms with Crippen molar-refractivity contribution < 1.29 is 14.6 Å². The van der Waals surface area contributed by atoms with Crippen LogP contribution < -0.4 is 0 Å². The first-order chi connectivity index (χ1) is 9.06. The molecular formula is C14H21NO3S. The highest BCUT2D eigenvalue weighted by Gasteiger charge is 2.12. The fourth-order valence-corrected chi connectivity index (χ4v) is 2.19. The van der Waals surface area contributed by atoms with Gasteiger partial charge >= 0.3 is 0 Å². The first-order valence-corrected chi connectivity index (χ1v) is 7.32. The number of carbonyl (C=O) groups is 1. The zero-order valence-corrected chi connectivity index (χ0v) is 12.4. The Balaban J connectivity index is 2.49. The van der Waals surface area contributed by atoms with E-state index >= 15 is 0 Å². The van der Waals surface area contributed by atoms with Crippen molar-refractivity contribution in [2.75, 3.05) is 40.1 Å². The molecule has 19 heavy (non-hydrogen) atoms. The summed E-state index contributed by atoms with van der Waals surface area (Å²) in [6.07, 6.45) is 1.43. The number of Topliss-reactive ketones (excluding diaryl/α,β-unsaturated/α-hetero) is 1. The molecular weight excluding hydrogens is 262 g/mol. The summed E-state index contributed by atoms with van der Waals surface area (Å²) in [7, 11) is 3.36. The fraction of sp³-hybridized carbons (Fsp3) is 0.500. The zero-order valence-electron chi connectivity index (χ0n) is 11.6. The number of methoxy groups -OCH3 is 1. The number of thioether (sulfide) groups is 1. The van der Waals surface area contributed by atoms with Gasteiger partial charge in [0.1, 0.15) is 0 Å². The summed E-state index contributed by atoms with van der Waals surface area (Å²) in [4.78, 5) is 15.0. The molecule has 0 heterocycles. The van der Waals surface area contributed by atoms with Crippen LogP contribution in [0.25, 0.3) is 0 Å². The van der Waals surface area contributed by atoms with E-state index in [0.29, 0.717) is 18.7 Å². The Labute approximate surface area is 118 Å². The van der Waals surface area contributed by atoms with E-state index in [9.17, 15) is 9.90 Å². The smallest absolute Gasteiger partial charge is 0.176 e. The van der Waals surface area contributed by atoms with Crippen LogP contribution >= 0.6 is 11.8 Å². The van der Waals surface area contributed by atoms with Crippen LogP contribution in [0.15, 0.2) is 29.2 Å². The van der Waals surface area contributed by atoms with Crippen LogP contribution in [0.2, 0.25) is 0 Å². The highest BCUT2D eigenvalue weighted by Crippen LogP contribution is 2.15. The Morgan fingerprint density at radius 1 is 1.42 bits per heavy atom. The molecule has 0 saturated heterocycles. The van der Waals surface area contributed by atoms with E-state index in [0.717, 1.165) is 4.90 Å². The molecule has 1 aromatic rings. The third kappa shape index (κ3) is 5.74. The van der Waals surface area contributed by atoms with Gasteiger partial charge in [-0.15, -0.1) is 11.8 Å². The van der Waals surface area contributed by atoms with Gasteiger partial charge in [0.15, 0.2) is 5.78 Å². The van der Waals surface area contributed by atoms with Crippen LogP contribution in [-0.2, 0) is 4.74 Å². The zero-order chi connectivity index (χ0) is 14.3. The summed E-state index contributed by atoms with van der Waals surface area (Å²) >= 11 is 1.65. The molecule has 0 saturated carbocycles. The van der Waals surface area contributed by atoms with Crippen LogP contribution in [-0.4, -0.2) is 62.0 Å². The molecule has 1 N–H and O–H groups in total. The monoisotopic (exact) mass is 283 g/mol. The number of aliphatic hydroxyl groups is 1. The van der Waals surface area contributed by atoms with E-state index in [1.807, 2.05) is 37.6 Å². The van der Waals surface area contributed by atoms with Gasteiger partial charge in [-0.25, -0.2) is 0 Å². The average molecular weight is 283 g/mol. The number of ether oxygens (including phenoxy) is 1. The Bertz CT molecular complexity index is 394. The Morgan fingerprint density at radius 2 is 2.05 bits per heavy atom. The molecule has 1 rings (SSSR count). The maximum atomic E-state index is 12.0. The van der Waals surface area contributed by atoms with Crippen molar-refractivity contribution in [3.63, 3.8) is 0 Å². The van der Waals surface area contributed by atoms with Gasteiger partial charge in [-0.05, 0) is 25.4 Å². The Kier molecular flexibility index (Phi) is 7.09. The van der Waals surface area contributed by atoms with Gasteiger partial charge < -0.3 is 9.84 Å². The lowest BCUT2D eigenvalue weighted by Crippen LogP contribution is -2.35. The number of rotatable bonds is 8. The molecule has 0 radical (unpaired) electrons. The van der Waals surface area contributed by atoms with Gasteiger partial charge in [0.25, 0.3) is 0 Å². The van der Waals surface area contributed by atoms with Gasteiger partial charge in [0.2, 0.25) is 0 Å². The number of carbonyl (C=O) groups excluding carboxylic acids is 1. The molecule has 0 spiro atoms.